The highest BCUT2D eigenvalue weighted by Gasteiger charge is 2.17. The van der Waals surface area contributed by atoms with Gasteiger partial charge >= 0.3 is 0 Å². The van der Waals surface area contributed by atoms with E-state index < -0.39 is 5.82 Å². The number of nitrogens with one attached hydrogen (secondary N) is 1. The number of oxazole rings is 1. The first-order chi connectivity index (χ1) is 12.1. The molecule has 3 nitrogen and oxygen atoms in total. The summed E-state index contributed by atoms with van der Waals surface area (Å²) in [5, 5.41) is 3.38. The monoisotopic (exact) mass is 356 g/mol. The van der Waals surface area contributed by atoms with E-state index in [4.69, 9.17) is 16.0 Å². The van der Waals surface area contributed by atoms with Crippen LogP contribution in [-0.4, -0.2) is 4.98 Å². The van der Waals surface area contributed by atoms with Gasteiger partial charge in [0.25, 0.3) is 6.01 Å². The Morgan fingerprint density at radius 1 is 1.16 bits per heavy atom. The third-order valence-electron chi connectivity index (χ3n) is 4.62. The summed E-state index contributed by atoms with van der Waals surface area (Å²) in [6, 6.07) is 11.3. The van der Waals surface area contributed by atoms with Gasteiger partial charge in [-0.2, -0.15) is 4.98 Å². The molecule has 0 saturated heterocycles. The van der Waals surface area contributed by atoms with Crippen LogP contribution in [-0.2, 0) is 12.8 Å². The first kappa shape index (κ1) is 16.2. The first-order valence-corrected chi connectivity index (χ1v) is 8.80. The quantitative estimate of drug-likeness (QED) is 0.619. The van der Waals surface area contributed by atoms with Gasteiger partial charge in [-0.25, -0.2) is 4.39 Å². The lowest BCUT2D eigenvalue weighted by molar-refractivity contribution is 0.588. The number of anilines is 2. The Labute approximate surface area is 150 Å². The minimum atomic E-state index is -0.471. The van der Waals surface area contributed by atoms with Crippen LogP contribution >= 0.6 is 11.6 Å². The molecule has 1 N–H and O–H groups in total. The molecule has 0 amide bonds. The predicted octanol–water partition coefficient (Wildman–Crippen LogP) is 6.06. The van der Waals surface area contributed by atoms with Gasteiger partial charge in [-0.05, 0) is 68.0 Å². The van der Waals surface area contributed by atoms with Gasteiger partial charge in [-0.3, -0.25) is 0 Å². The van der Waals surface area contributed by atoms with Gasteiger partial charge in [0.15, 0.2) is 5.76 Å². The molecule has 0 unspecified atom stereocenters. The lowest BCUT2D eigenvalue weighted by atomic mass is 9.90. The Hall–Kier alpha value is -2.33. The van der Waals surface area contributed by atoms with E-state index in [1.54, 1.807) is 6.07 Å². The molecule has 25 heavy (non-hydrogen) atoms. The van der Waals surface area contributed by atoms with E-state index in [0.29, 0.717) is 23.0 Å². The number of fused-ring (bicyclic) bond motifs is 1. The average Bonchev–Trinajstić information content (AvgIpc) is 2.98. The number of hydrogen-bond acceptors (Lipinski definition) is 3. The minimum absolute atomic E-state index is 0.0928. The Bertz CT molecular complexity index is 935. The maximum atomic E-state index is 13.7. The molecular weight excluding hydrogens is 339 g/mol. The van der Waals surface area contributed by atoms with Crippen molar-refractivity contribution < 1.29 is 8.81 Å². The normalized spacial score (nSPS) is 13.6. The van der Waals surface area contributed by atoms with Gasteiger partial charge in [0.1, 0.15) is 5.82 Å². The van der Waals surface area contributed by atoms with Crippen LogP contribution in [0.5, 0.6) is 0 Å². The Morgan fingerprint density at radius 3 is 2.84 bits per heavy atom. The maximum Gasteiger partial charge on any atom is 0.299 e. The molecule has 0 fully saturated rings. The molecule has 1 heterocycles. The van der Waals surface area contributed by atoms with Crippen LogP contribution in [0.2, 0.25) is 5.02 Å². The van der Waals surface area contributed by atoms with E-state index in [-0.39, 0.29) is 5.02 Å². The van der Waals surface area contributed by atoms with Crippen LogP contribution in [0, 0.1) is 12.7 Å². The van der Waals surface area contributed by atoms with E-state index in [1.165, 1.54) is 36.1 Å². The molecule has 0 aliphatic heterocycles. The highest BCUT2D eigenvalue weighted by atomic mass is 35.5. The van der Waals surface area contributed by atoms with Crippen molar-refractivity contribution in [2.75, 3.05) is 5.32 Å². The second-order valence-electron chi connectivity index (χ2n) is 6.34. The molecule has 0 bridgehead atoms. The number of benzene rings is 2. The fourth-order valence-electron chi connectivity index (χ4n) is 3.37. The molecule has 2 aromatic carbocycles. The van der Waals surface area contributed by atoms with Crippen LogP contribution in [0.1, 0.15) is 29.7 Å². The van der Waals surface area contributed by atoms with Crippen molar-refractivity contribution in [1.82, 2.24) is 4.98 Å². The second-order valence-corrected chi connectivity index (χ2v) is 6.74. The topological polar surface area (TPSA) is 38.1 Å². The predicted molar refractivity (Wildman–Crippen MR) is 98.0 cm³/mol. The van der Waals surface area contributed by atoms with Crippen molar-refractivity contribution in [3.05, 3.63) is 64.1 Å². The number of aromatic nitrogens is 1. The van der Waals surface area contributed by atoms with Crippen molar-refractivity contribution >= 4 is 23.3 Å². The number of nitrogens with zero attached hydrogens (tertiary/aromatic N) is 1. The van der Waals surface area contributed by atoms with Gasteiger partial charge in [0.2, 0.25) is 0 Å². The first-order valence-electron chi connectivity index (χ1n) is 8.42. The van der Waals surface area contributed by atoms with Gasteiger partial charge < -0.3 is 9.73 Å². The van der Waals surface area contributed by atoms with Crippen LogP contribution in [0.25, 0.3) is 11.3 Å². The Balaban J connectivity index is 1.66. The standard InChI is InChI=1S/C20H18ClFN2O/c1-12-19(14-9-10-16(21)17(22)11-14)25-20(23-12)24-18-8-4-6-13-5-2-3-7-15(13)18/h4,6,8-11H,2-3,5,7H2,1H3,(H,23,24). The zero-order chi connectivity index (χ0) is 17.4. The highest BCUT2D eigenvalue weighted by molar-refractivity contribution is 6.30. The summed E-state index contributed by atoms with van der Waals surface area (Å²) in [5.41, 5.74) is 5.08. The summed E-state index contributed by atoms with van der Waals surface area (Å²) >= 11 is 5.75. The van der Waals surface area contributed by atoms with Crippen LogP contribution < -0.4 is 5.32 Å². The molecule has 1 aromatic heterocycles. The number of halogens is 2. The van der Waals surface area contributed by atoms with Crippen molar-refractivity contribution in [3.8, 4) is 11.3 Å². The number of rotatable bonds is 3. The summed E-state index contributed by atoms with van der Waals surface area (Å²) in [6.45, 7) is 1.84. The largest absolute Gasteiger partial charge is 0.423 e. The lowest BCUT2D eigenvalue weighted by Crippen LogP contribution is -2.06. The average molecular weight is 357 g/mol. The fraction of sp³-hybridized carbons (Fsp3) is 0.250. The maximum absolute atomic E-state index is 13.7. The third-order valence-corrected chi connectivity index (χ3v) is 4.92. The fourth-order valence-corrected chi connectivity index (χ4v) is 3.49. The van der Waals surface area contributed by atoms with Crippen molar-refractivity contribution in [2.45, 2.75) is 32.6 Å². The molecule has 0 atom stereocenters. The van der Waals surface area contributed by atoms with Crippen LogP contribution in [0.15, 0.2) is 40.8 Å². The SMILES string of the molecule is Cc1nc(Nc2cccc3c2CCCC3)oc1-c1ccc(Cl)c(F)c1. The van der Waals surface area contributed by atoms with Gasteiger partial charge in [0.05, 0.1) is 10.7 Å². The summed E-state index contributed by atoms with van der Waals surface area (Å²) in [7, 11) is 0. The zero-order valence-electron chi connectivity index (χ0n) is 13.9. The molecule has 0 spiro atoms. The highest BCUT2D eigenvalue weighted by Crippen LogP contribution is 2.33. The smallest absolute Gasteiger partial charge is 0.299 e. The van der Waals surface area contributed by atoms with Gasteiger partial charge in [-0.1, -0.05) is 23.7 Å². The third kappa shape index (κ3) is 3.14. The summed E-state index contributed by atoms with van der Waals surface area (Å²) < 4.78 is 19.6. The Morgan fingerprint density at radius 2 is 2.00 bits per heavy atom. The van der Waals surface area contributed by atoms with E-state index >= 15 is 0 Å². The molecule has 3 aromatic rings. The van der Waals surface area contributed by atoms with Crippen molar-refractivity contribution in [1.29, 1.82) is 0 Å². The molecule has 0 radical (unpaired) electrons. The van der Waals surface area contributed by atoms with E-state index in [9.17, 15) is 4.39 Å². The number of aryl methyl sites for hydroxylation is 2. The molecule has 128 valence electrons. The van der Waals surface area contributed by atoms with Crippen LogP contribution in [0.4, 0.5) is 16.1 Å². The van der Waals surface area contributed by atoms with Crippen molar-refractivity contribution in [3.63, 3.8) is 0 Å². The molecular formula is C20H18ClFN2O. The van der Waals surface area contributed by atoms with Gasteiger partial charge in [-0.15, -0.1) is 0 Å². The molecule has 1 aliphatic rings. The second kappa shape index (κ2) is 6.52. The lowest BCUT2D eigenvalue weighted by Gasteiger charge is -2.19. The van der Waals surface area contributed by atoms with E-state index in [2.05, 4.69) is 22.4 Å². The molecule has 1 aliphatic carbocycles. The Kier molecular flexibility index (Phi) is 4.22. The minimum Gasteiger partial charge on any atom is -0.423 e. The van der Waals surface area contributed by atoms with E-state index in [0.717, 1.165) is 18.5 Å². The summed E-state index contributed by atoms with van der Waals surface area (Å²) in [6.07, 6.45) is 4.62. The van der Waals surface area contributed by atoms with E-state index in [1.807, 2.05) is 13.0 Å². The zero-order valence-corrected chi connectivity index (χ0v) is 14.7. The van der Waals surface area contributed by atoms with Crippen LogP contribution in [0.3, 0.4) is 0 Å². The summed E-state index contributed by atoms with van der Waals surface area (Å²) in [5.74, 6) is 0.0736. The van der Waals surface area contributed by atoms with Gasteiger partial charge in [0, 0.05) is 11.3 Å². The summed E-state index contributed by atoms with van der Waals surface area (Å²) in [4.78, 5) is 4.45. The molecule has 5 heteroatoms. The van der Waals surface area contributed by atoms with Crippen molar-refractivity contribution in [2.24, 2.45) is 0 Å². The number of hydrogen-bond donors (Lipinski definition) is 1. The molecule has 0 saturated carbocycles. The molecule has 4 rings (SSSR count).